The molecule has 0 bridgehead atoms. The highest BCUT2D eigenvalue weighted by molar-refractivity contribution is 5.27. The lowest BCUT2D eigenvalue weighted by Gasteiger charge is -2.15. The summed E-state index contributed by atoms with van der Waals surface area (Å²) in [6, 6.07) is 0.784. The van der Waals surface area contributed by atoms with Crippen LogP contribution in [0.5, 0.6) is 0 Å². The lowest BCUT2D eigenvalue weighted by Crippen LogP contribution is -2.21. The predicted molar refractivity (Wildman–Crippen MR) is 84.1 cm³/mol. The van der Waals surface area contributed by atoms with Crippen molar-refractivity contribution in [3.63, 3.8) is 0 Å². The first-order valence-corrected chi connectivity index (χ1v) is 8.24. The van der Waals surface area contributed by atoms with Gasteiger partial charge in [-0.25, -0.2) is 9.97 Å². The minimum absolute atomic E-state index is 0.617. The van der Waals surface area contributed by atoms with Crippen LogP contribution in [-0.4, -0.2) is 22.6 Å². The van der Waals surface area contributed by atoms with E-state index in [0.29, 0.717) is 5.92 Å². The Balaban J connectivity index is 2.13. The van der Waals surface area contributed by atoms with Crippen LogP contribution < -0.4 is 5.32 Å². The summed E-state index contributed by atoms with van der Waals surface area (Å²) in [5.74, 6) is 1.65. The van der Waals surface area contributed by atoms with E-state index in [9.17, 15) is 0 Å². The third kappa shape index (κ3) is 4.27. The Morgan fingerprint density at radius 1 is 1.10 bits per heavy atom. The third-order valence-corrected chi connectivity index (χ3v) is 3.87. The molecule has 1 saturated carbocycles. The van der Waals surface area contributed by atoms with E-state index in [1.165, 1.54) is 29.8 Å². The van der Waals surface area contributed by atoms with Crippen LogP contribution in [0.4, 0.5) is 0 Å². The minimum atomic E-state index is 0.617. The lowest BCUT2D eigenvalue weighted by atomic mass is 10.0. The lowest BCUT2D eigenvalue weighted by molar-refractivity contribution is 0.608. The molecule has 0 aromatic carbocycles. The van der Waals surface area contributed by atoms with Gasteiger partial charge in [0.1, 0.15) is 5.82 Å². The molecule has 2 rings (SSSR count). The first-order valence-electron chi connectivity index (χ1n) is 8.24. The third-order valence-electron chi connectivity index (χ3n) is 3.87. The molecule has 1 fully saturated rings. The van der Waals surface area contributed by atoms with E-state index >= 15 is 0 Å². The van der Waals surface area contributed by atoms with Crippen LogP contribution in [0.25, 0.3) is 0 Å². The molecule has 20 heavy (non-hydrogen) atoms. The first kappa shape index (κ1) is 15.4. The fourth-order valence-electron chi connectivity index (χ4n) is 2.66. The Morgan fingerprint density at radius 3 is 2.15 bits per heavy atom. The summed E-state index contributed by atoms with van der Waals surface area (Å²) < 4.78 is 0. The largest absolute Gasteiger partial charge is 0.314 e. The molecule has 0 saturated heterocycles. The predicted octanol–water partition coefficient (Wildman–Crippen LogP) is 3.09. The summed E-state index contributed by atoms with van der Waals surface area (Å²) in [7, 11) is 0. The van der Waals surface area contributed by atoms with E-state index in [0.717, 1.165) is 44.1 Å². The smallest absolute Gasteiger partial charge is 0.129 e. The van der Waals surface area contributed by atoms with Crippen LogP contribution in [0.1, 0.15) is 63.3 Å². The van der Waals surface area contributed by atoms with Gasteiger partial charge in [-0.1, -0.05) is 27.7 Å². The van der Waals surface area contributed by atoms with Gasteiger partial charge < -0.3 is 5.32 Å². The summed E-state index contributed by atoms with van der Waals surface area (Å²) in [6.45, 7) is 9.94. The van der Waals surface area contributed by atoms with Crippen molar-refractivity contribution in [2.75, 3.05) is 6.54 Å². The topological polar surface area (TPSA) is 37.8 Å². The van der Waals surface area contributed by atoms with Gasteiger partial charge in [0.2, 0.25) is 0 Å². The molecule has 3 heteroatoms. The Morgan fingerprint density at radius 2 is 1.70 bits per heavy atom. The Bertz CT molecular complexity index is 411. The number of nitrogens with one attached hydrogen (secondary N) is 1. The van der Waals surface area contributed by atoms with Crippen LogP contribution in [0.15, 0.2) is 0 Å². The molecule has 1 aliphatic rings. The van der Waals surface area contributed by atoms with E-state index in [1.807, 2.05) is 0 Å². The summed E-state index contributed by atoms with van der Waals surface area (Å²) in [6.07, 6.45) is 6.79. The quantitative estimate of drug-likeness (QED) is 0.792. The molecule has 0 radical (unpaired) electrons. The zero-order chi connectivity index (χ0) is 14.5. The van der Waals surface area contributed by atoms with Gasteiger partial charge in [0.25, 0.3) is 0 Å². The van der Waals surface area contributed by atoms with E-state index in [4.69, 9.17) is 9.97 Å². The van der Waals surface area contributed by atoms with Crippen molar-refractivity contribution in [2.24, 2.45) is 5.92 Å². The molecule has 3 nitrogen and oxygen atoms in total. The zero-order valence-corrected chi connectivity index (χ0v) is 13.5. The Hall–Kier alpha value is -0.960. The van der Waals surface area contributed by atoms with Crippen LogP contribution in [0.3, 0.4) is 0 Å². The van der Waals surface area contributed by atoms with Crippen molar-refractivity contribution < 1.29 is 0 Å². The second-order valence-electron chi connectivity index (χ2n) is 6.30. The number of rotatable bonds is 8. The van der Waals surface area contributed by atoms with Crippen molar-refractivity contribution in [1.82, 2.24) is 15.3 Å². The molecule has 1 N–H and O–H groups in total. The van der Waals surface area contributed by atoms with Gasteiger partial charge in [0, 0.05) is 23.9 Å². The highest BCUT2D eigenvalue weighted by Gasteiger charge is 2.20. The molecule has 0 unspecified atom stereocenters. The molecule has 112 valence electrons. The van der Waals surface area contributed by atoms with Gasteiger partial charge in [0.05, 0.1) is 0 Å². The monoisotopic (exact) mass is 275 g/mol. The van der Waals surface area contributed by atoms with Crippen LogP contribution >= 0.6 is 0 Å². The number of hydrogen-bond acceptors (Lipinski definition) is 3. The zero-order valence-electron chi connectivity index (χ0n) is 13.5. The average Bonchev–Trinajstić information content (AvgIpc) is 3.22. The van der Waals surface area contributed by atoms with E-state index in [-0.39, 0.29) is 0 Å². The van der Waals surface area contributed by atoms with Gasteiger partial charge in [0.15, 0.2) is 0 Å². The first-order chi connectivity index (χ1) is 9.63. The van der Waals surface area contributed by atoms with E-state index < -0.39 is 0 Å². The number of hydrogen-bond donors (Lipinski definition) is 1. The highest BCUT2D eigenvalue weighted by atomic mass is 14.9. The van der Waals surface area contributed by atoms with E-state index in [2.05, 4.69) is 33.0 Å². The molecule has 0 atom stereocenters. The van der Waals surface area contributed by atoms with Crippen molar-refractivity contribution in [1.29, 1.82) is 0 Å². The molecule has 0 aliphatic heterocycles. The van der Waals surface area contributed by atoms with Crippen molar-refractivity contribution in [3.05, 3.63) is 22.8 Å². The molecular weight excluding hydrogens is 246 g/mol. The summed E-state index contributed by atoms with van der Waals surface area (Å²) in [5, 5.41) is 3.60. The van der Waals surface area contributed by atoms with Gasteiger partial charge in [-0.05, 0) is 50.1 Å². The van der Waals surface area contributed by atoms with Crippen molar-refractivity contribution in [3.8, 4) is 0 Å². The maximum Gasteiger partial charge on any atom is 0.129 e. The van der Waals surface area contributed by atoms with Gasteiger partial charge in [-0.2, -0.15) is 0 Å². The summed E-state index contributed by atoms with van der Waals surface area (Å²) in [5.41, 5.74) is 3.94. The molecule has 1 aromatic rings. The highest BCUT2D eigenvalue weighted by Crippen LogP contribution is 2.20. The molecule has 1 aromatic heterocycles. The van der Waals surface area contributed by atoms with E-state index in [1.54, 1.807) is 0 Å². The van der Waals surface area contributed by atoms with Gasteiger partial charge in [-0.3, -0.25) is 0 Å². The van der Waals surface area contributed by atoms with Gasteiger partial charge >= 0.3 is 0 Å². The fourth-order valence-corrected chi connectivity index (χ4v) is 2.66. The number of aryl methyl sites for hydroxylation is 2. The molecule has 1 heterocycles. The maximum absolute atomic E-state index is 4.81. The molecule has 1 aliphatic carbocycles. The molecule has 0 amide bonds. The van der Waals surface area contributed by atoms with Gasteiger partial charge in [-0.15, -0.1) is 0 Å². The minimum Gasteiger partial charge on any atom is -0.314 e. The van der Waals surface area contributed by atoms with Crippen molar-refractivity contribution in [2.45, 2.75) is 72.3 Å². The van der Waals surface area contributed by atoms with Crippen LogP contribution in [0, 0.1) is 5.92 Å². The summed E-state index contributed by atoms with van der Waals surface area (Å²) >= 11 is 0. The normalized spacial score (nSPS) is 15.1. The average molecular weight is 275 g/mol. The molecule has 0 spiro atoms. The number of aromatic nitrogens is 2. The Labute approximate surface area is 123 Å². The summed E-state index contributed by atoms with van der Waals surface area (Å²) in [4.78, 5) is 9.63. The molecular formula is C17H29N3. The standard InChI is InChI=1S/C17H29N3/c1-5-15-14(9-10-18-13-7-8-13)16(6-2)20-17(19-15)11-12(3)4/h12-13,18H,5-11H2,1-4H3. The second kappa shape index (κ2) is 7.16. The Kier molecular flexibility index (Phi) is 5.53. The maximum atomic E-state index is 4.81. The SMILES string of the molecule is CCc1nc(CC(C)C)nc(CC)c1CCNC1CC1. The van der Waals surface area contributed by atoms with Crippen LogP contribution in [-0.2, 0) is 25.7 Å². The van der Waals surface area contributed by atoms with Crippen molar-refractivity contribution >= 4 is 0 Å². The fraction of sp³-hybridized carbons (Fsp3) is 0.765. The van der Waals surface area contributed by atoms with Crippen LogP contribution in [0.2, 0.25) is 0 Å². The number of nitrogens with zero attached hydrogens (tertiary/aromatic N) is 2. The second-order valence-corrected chi connectivity index (χ2v) is 6.30.